The first-order valence-corrected chi connectivity index (χ1v) is 11.7. The van der Waals surface area contributed by atoms with Gasteiger partial charge in [0, 0.05) is 4.47 Å². The third kappa shape index (κ3) is 11.2. The molecule has 0 bridgehead atoms. The Kier molecular flexibility index (Phi) is 15.5. The minimum atomic E-state index is -0.0592. The number of ether oxygens (including phenoxy) is 1. The Morgan fingerprint density at radius 3 is 2.34 bits per heavy atom. The van der Waals surface area contributed by atoms with Crippen LogP contribution in [-0.2, 0) is 16.0 Å². The van der Waals surface area contributed by atoms with Crippen molar-refractivity contribution >= 4 is 21.9 Å². The van der Waals surface area contributed by atoms with Gasteiger partial charge in [0.05, 0.1) is 26.2 Å². The van der Waals surface area contributed by atoms with Gasteiger partial charge in [0.15, 0.2) is 6.54 Å². The van der Waals surface area contributed by atoms with Gasteiger partial charge in [0.1, 0.15) is 0 Å². The first kappa shape index (κ1) is 28.2. The minimum absolute atomic E-state index is 0. The Morgan fingerprint density at radius 2 is 1.72 bits per heavy atom. The number of allylic oxidation sites excluding steroid dienone is 1. The number of nitrogens with zero attached hydrogens (tertiary/aromatic N) is 1. The maximum atomic E-state index is 12.4. The van der Waals surface area contributed by atoms with Gasteiger partial charge in [-0.2, -0.15) is 0 Å². The quantitative estimate of drug-likeness (QED) is 0.174. The van der Waals surface area contributed by atoms with Gasteiger partial charge < -0.3 is 21.6 Å². The van der Waals surface area contributed by atoms with Crippen LogP contribution in [0.5, 0.6) is 0 Å². The van der Waals surface area contributed by atoms with Crippen molar-refractivity contribution in [3.63, 3.8) is 0 Å². The Bertz CT molecular complexity index is 615. The third-order valence-electron chi connectivity index (χ3n) is 5.57. The number of hydrogen-bond acceptors (Lipinski definition) is 2. The summed E-state index contributed by atoms with van der Waals surface area (Å²) in [5.74, 6) is -0.0592. The highest BCUT2D eigenvalue weighted by atomic mass is 79.9. The molecule has 0 saturated carbocycles. The highest BCUT2D eigenvalue weighted by Gasteiger charge is 2.26. The molecule has 3 nitrogen and oxygen atoms in total. The van der Waals surface area contributed by atoms with Crippen LogP contribution in [0.15, 0.2) is 40.4 Å². The first-order valence-electron chi connectivity index (χ1n) is 10.9. The number of rotatable bonds is 14. The van der Waals surface area contributed by atoms with E-state index in [9.17, 15) is 4.79 Å². The zero-order chi connectivity index (χ0) is 20.8. The number of likely N-dealkylation sites (N-methyl/N-ethyl adjacent to an activating group) is 1. The van der Waals surface area contributed by atoms with E-state index in [-0.39, 0.29) is 18.4 Å². The van der Waals surface area contributed by atoms with E-state index in [2.05, 4.69) is 67.9 Å². The predicted octanol–water partition coefficient (Wildman–Crippen LogP) is 3.31. The fourth-order valence-corrected chi connectivity index (χ4v) is 3.77. The number of benzene rings is 1. The van der Waals surface area contributed by atoms with Gasteiger partial charge in [0.2, 0.25) is 0 Å². The lowest BCUT2D eigenvalue weighted by Gasteiger charge is -2.35. The Hall–Kier alpha value is -0.840. The van der Waals surface area contributed by atoms with E-state index in [1.54, 1.807) is 0 Å². The summed E-state index contributed by atoms with van der Waals surface area (Å²) >= 11 is 3.63. The Morgan fingerprint density at radius 1 is 1.07 bits per heavy atom. The molecule has 0 saturated heterocycles. The molecule has 166 valence electrons. The van der Waals surface area contributed by atoms with Crippen molar-refractivity contribution < 1.29 is 26.4 Å². The molecule has 0 aliphatic rings. The first-order chi connectivity index (χ1) is 13.5. The molecule has 1 aromatic carbocycles. The Balaban J connectivity index is 0.00000784. The van der Waals surface area contributed by atoms with Crippen LogP contribution in [0.3, 0.4) is 0 Å². The molecule has 1 aromatic rings. The third-order valence-corrected chi connectivity index (χ3v) is 6.34. The lowest BCUT2D eigenvalue weighted by atomic mass is 10.1. The van der Waals surface area contributed by atoms with Crippen molar-refractivity contribution in [1.82, 2.24) is 0 Å². The molecule has 0 atom stereocenters. The second kappa shape index (κ2) is 15.9. The van der Waals surface area contributed by atoms with E-state index in [4.69, 9.17) is 4.74 Å². The van der Waals surface area contributed by atoms with E-state index in [1.807, 2.05) is 6.07 Å². The molecule has 1 rings (SSSR count). The number of halogens is 2. The molecule has 0 aliphatic heterocycles. The van der Waals surface area contributed by atoms with Crippen LogP contribution >= 0.6 is 15.9 Å². The molecule has 0 N–H and O–H groups in total. The molecular weight excluding hydrogens is 450 g/mol. The van der Waals surface area contributed by atoms with Gasteiger partial charge in [-0.1, -0.05) is 72.3 Å². The highest BCUT2D eigenvalue weighted by Crippen LogP contribution is 2.19. The van der Waals surface area contributed by atoms with E-state index < -0.39 is 0 Å². The molecule has 0 heterocycles. The molecule has 0 fully saturated rings. The second-order valence-electron chi connectivity index (χ2n) is 7.77. The molecule has 5 heteroatoms. The van der Waals surface area contributed by atoms with Crippen LogP contribution in [0.1, 0.15) is 65.4 Å². The SMILES string of the molecule is CCCCCCCOC(=O)C[N+](CC)(CC)C/C=C(\C)Cc1ccccc1Br.[Cl-]. The largest absolute Gasteiger partial charge is 1.00 e. The monoisotopic (exact) mass is 487 g/mol. The van der Waals surface area contributed by atoms with Gasteiger partial charge in [-0.15, -0.1) is 0 Å². The maximum Gasteiger partial charge on any atom is 0.361 e. The van der Waals surface area contributed by atoms with E-state index in [0.29, 0.717) is 13.2 Å². The molecule has 0 aliphatic carbocycles. The maximum absolute atomic E-state index is 12.4. The van der Waals surface area contributed by atoms with Gasteiger partial charge >= 0.3 is 5.97 Å². The number of hydrogen-bond donors (Lipinski definition) is 0. The summed E-state index contributed by atoms with van der Waals surface area (Å²) in [5.41, 5.74) is 2.63. The van der Waals surface area contributed by atoms with Crippen LogP contribution < -0.4 is 12.4 Å². The van der Waals surface area contributed by atoms with Crippen molar-refractivity contribution in [2.75, 3.05) is 32.8 Å². The van der Waals surface area contributed by atoms with Crippen LogP contribution in [0, 0.1) is 0 Å². The number of unbranched alkanes of at least 4 members (excludes halogenated alkanes) is 4. The van der Waals surface area contributed by atoms with Crippen molar-refractivity contribution in [3.05, 3.63) is 46.0 Å². The zero-order valence-electron chi connectivity index (χ0n) is 18.7. The molecule has 0 amide bonds. The summed E-state index contributed by atoms with van der Waals surface area (Å²) < 4.78 is 7.42. The Labute approximate surface area is 193 Å². The van der Waals surface area contributed by atoms with Crippen LogP contribution in [0.2, 0.25) is 0 Å². The zero-order valence-corrected chi connectivity index (χ0v) is 21.0. The van der Waals surface area contributed by atoms with Gasteiger partial charge in [-0.25, -0.2) is 4.79 Å². The second-order valence-corrected chi connectivity index (χ2v) is 8.62. The fourth-order valence-electron chi connectivity index (χ4n) is 3.34. The highest BCUT2D eigenvalue weighted by molar-refractivity contribution is 9.10. The number of carbonyl (C=O) groups is 1. The summed E-state index contributed by atoms with van der Waals surface area (Å²) in [6.07, 6.45) is 9.10. The smallest absolute Gasteiger partial charge is 0.361 e. The summed E-state index contributed by atoms with van der Waals surface area (Å²) in [7, 11) is 0. The topological polar surface area (TPSA) is 26.3 Å². The molecule has 0 spiro atoms. The number of esters is 1. The van der Waals surface area contributed by atoms with Crippen molar-refractivity contribution in [2.45, 2.75) is 66.2 Å². The van der Waals surface area contributed by atoms with Gasteiger partial charge in [-0.3, -0.25) is 0 Å². The summed E-state index contributed by atoms with van der Waals surface area (Å²) in [6.45, 7) is 12.5. The normalized spacial score (nSPS) is 11.8. The predicted molar refractivity (Wildman–Crippen MR) is 122 cm³/mol. The average Bonchev–Trinajstić information content (AvgIpc) is 2.69. The standard InChI is InChI=1S/C24H39BrNO2.ClH/c1-5-8-9-10-13-18-28-24(27)20-26(6-2,7-3)17-16-21(4)19-22-14-11-12-15-23(22)25;/h11-12,14-16H,5-10,13,17-20H2,1-4H3;1H/q+1;/p-1/b21-16+;. The summed E-state index contributed by atoms with van der Waals surface area (Å²) in [6, 6.07) is 8.35. The molecule has 0 unspecified atom stereocenters. The van der Waals surface area contributed by atoms with Crippen molar-refractivity contribution in [1.29, 1.82) is 0 Å². The molecule has 0 aromatic heterocycles. The number of quaternary nitrogens is 1. The fraction of sp³-hybridized carbons (Fsp3) is 0.625. The average molecular weight is 489 g/mol. The van der Waals surface area contributed by atoms with Crippen LogP contribution in [-0.4, -0.2) is 43.2 Å². The van der Waals surface area contributed by atoms with Crippen LogP contribution in [0.25, 0.3) is 0 Å². The van der Waals surface area contributed by atoms with Crippen molar-refractivity contribution in [2.24, 2.45) is 0 Å². The molecule has 29 heavy (non-hydrogen) atoms. The lowest BCUT2D eigenvalue weighted by Crippen LogP contribution is -3.00. The number of carbonyl (C=O) groups excluding carboxylic acids is 1. The van der Waals surface area contributed by atoms with E-state index >= 15 is 0 Å². The summed E-state index contributed by atoms with van der Waals surface area (Å²) in [5, 5.41) is 0. The minimum Gasteiger partial charge on any atom is -1.00 e. The van der Waals surface area contributed by atoms with E-state index in [0.717, 1.165) is 47.9 Å². The van der Waals surface area contributed by atoms with Crippen molar-refractivity contribution in [3.8, 4) is 0 Å². The van der Waals surface area contributed by atoms with Gasteiger partial charge in [-0.05, 0) is 51.3 Å². The lowest BCUT2D eigenvalue weighted by molar-refractivity contribution is -0.912. The summed E-state index contributed by atoms with van der Waals surface area (Å²) in [4.78, 5) is 12.4. The van der Waals surface area contributed by atoms with E-state index in [1.165, 1.54) is 30.4 Å². The molecular formula is C24H39BrClNO2. The molecule has 0 radical (unpaired) electrons. The van der Waals surface area contributed by atoms with Gasteiger partial charge in [0.25, 0.3) is 0 Å². The van der Waals surface area contributed by atoms with Crippen LogP contribution in [0.4, 0.5) is 0 Å².